The molecule has 3 heterocycles. The van der Waals surface area contributed by atoms with E-state index in [4.69, 9.17) is 0 Å². The van der Waals surface area contributed by atoms with Crippen molar-refractivity contribution in [3.8, 4) is 22.3 Å². The maximum atomic E-state index is 15.0. The van der Waals surface area contributed by atoms with E-state index in [2.05, 4.69) is 9.97 Å². The monoisotopic (exact) mass is 393 g/mol. The predicted octanol–water partition coefficient (Wildman–Crippen LogP) is 4.04. The normalized spacial score (nSPS) is 14.5. The molecule has 0 atom stereocenters. The molecule has 0 saturated carbocycles. The fraction of sp³-hybridized carbons (Fsp3) is 0.0952. The Morgan fingerprint density at radius 2 is 1.79 bits per heavy atom. The minimum Gasteiger partial charge on any atom is -0.346 e. The van der Waals surface area contributed by atoms with Crippen LogP contribution in [0.2, 0.25) is 0 Å². The lowest BCUT2D eigenvalue weighted by molar-refractivity contribution is 0.563. The van der Waals surface area contributed by atoms with Gasteiger partial charge in [-0.2, -0.15) is 4.31 Å². The highest BCUT2D eigenvalue weighted by Crippen LogP contribution is 2.34. The van der Waals surface area contributed by atoms with E-state index >= 15 is 0 Å². The summed E-state index contributed by atoms with van der Waals surface area (Å²) in [6.45, 7) is 1.05. The smallest absolute Gasteiger partial charge is 0.243 e. The number of aromatic nitrogens is 2. The van der Waals surface area contributed by atoms with Gasteiger partial charge in [-0.15, -0.1) is 0 Å². The molecule has 7 heteroatoms. The van der Waals surface area contributed by atoms with Crippen LogP contribution < -0.4 is 0 Å². The number of hydrogen-bond acceptors (Lipinski definition) is 3. The number of aromatic amines is 1. The van der Waals surface area contributed by atoms with Crippen LogP contribution in [0, 0.1) is 5.82 Å². The van der Waals surface area contributed by atoms with Crippen LogP contribution in [0.25, 0.3) is 33.3 Å². The van der Waals surface area contributed by atoms with Crippen molar-refractivity contribution in [1.82, 2.24) is 14.3 Å². The van der Waals surface area contributed by atoms with Crippen LogP contribution in [-0.4, -0.2) is 35.8 Å². The van der Waals surface area contributed by atoms with E-state index < -0.39 is 15.8 Å². The molecule has 0 spiro atoms. The van der Waals surface area contributed by atoms with Crippen molar-refractivity contribution >= 4 is 21.1 Å². The molecule has 1 fully saturated rings. The first kappa shape index (κ1) is 17.1. The lowest BCUT2D eigenvalue weighted by Gasteiger charge is -2.12. The summed E-state index contributed by atoms with van der Waals surface area (Å²) >= 11 is 0. The second kappa shape index (κ2) is 6.25. The first-order valence-corrected chi connectivity index (χ1v) is 10.3. The van der Waals surface area contributed by atoms with Gasteiger partial charge in [-0.25, -0.2) is 17.8 Å². The highest BCUT2D eigenvalue weighted by atomic mass is 32.2. The zero-order chi connectivity index (χ0) is 19.3. The number of halogens is 1. The van der Waals surface area contributed by atoms with E-state index in [0.717, 1.165) is 11.0 Å². The van der Waals surface area contributed by atoms with E-state index in [-0.39, 0.29) is 4.90 Å². The Hall–Kier alpha value is -3.03. The van der Waals surface area contributed by atoms with Crippen molar-refractivity contribution in [3.05, 3.63) is 72.8 Å². The van der Waals surface area contributed by atoms with Crippen LogP contribution in [0.3, 0.4) is 0 Å². The summed E-state index contributed by atoms with van der Waals surface area (Å²) in [5.74, 6) is -0.423. The maximum absolute atomic E-state index is 15.0. The molecule has 1 aliphatic rings. The van der Waals surface area contributed by atoms with Crippen LogP contribution in [0.1, 0.15) is 0 Å². The second-order valence-electron chi connectivity index (χ2n) is 6.73. The van der Waals surface area contributed by atoms with Gasteiger partial charge in [0.2, 0.25) is 10.0 Å². The predicted molar refractivity (Wildman–Crippen MR) is 106 cm³/mol. The number of rotatable bonds is 4. The van der Waals surface area contributed by atoms with E-state index in [1.807, 2.05) is 12.1 Å². The van der Waals surface area contributed by atoms with E-state index in [1.165, 1.54) is 10.4 Å². The molecule has 1 N–H and O–H groups in total. The molecule has 0 radical (unpaired) electrons. The molecule has 5 rings (SSSR count). The highest BCUT2D eigenvalue weighted by molar-refractivity contribution is 7.89. The number of nitrogens with zero attached hydrogens (tertiary/aromatic N) is 2. The summed E-state index contributed by atoms with van der Waals surface area (Å²) < 4.78 is 41.7. The van der Waals surface area contributed by atoms with E-state index in [9.17, 15) is 12.8 Å². The molecule has 0 amide bonds. The number of nitrogens with one attached hydrogen (secondary N) is 1. The Morgan fingerprint density at radius 3 is 2.57 bits per heavy atom. The van der Waals surface area contributed by atoms with Gasteiger partial charge in [-0.1, -0.05) is 30.3 Å². The first-order chi connectivity index (χ1) is 13.5. The largest absolute Gasteiger partial charge is 0.346 e. The molecule has 4 aromatic rings. The molecule has 0 unspecified atom stereocenters. The van der Waals surface area contributed by atoms with Crippen molar-refractivity contribution < 1.29 is 12.8 Å². The minimum atomic E-state index is -3.54. The fourth-order valence-electron chi connectivity index (χ4n) is 3.35. The third-order valence-electron chi connectivity index (χ3n) is 4.90. The topological polar surface area (TPSA) is 65.8 Å². The summed E-state index contributed by atoms with van der Waals surface area (Å²) in [6, 6.07) is 15.3. The Labute approximate surface area is 161 Å². The first-order valence-electron chi connectivity index (χ1n) is 8.87. The Bertz CT molecular complexity index is 1310. The molecule has 2 aromatic heterocycles. The summed E-state index contributed by atoms with van der Waals surface area (Å²) in [5.41, 5.74) is 2.86. The number of pyridine rings is 1. The number of hydrogen-bond donors (Lipinski definition) is 1. The fourth-order valence-corrected chi connectivity index (χ4v) is 4.91. The lowest BCUT2D eigenvalue weighted by Crippen LogP contribution is -2.12. The number of H-pyrrole nitrogens is 1. The Kier molecular flexibility index (Phi) is 3.82. The zero-order valence-electron chi connectivity index (χ0n) is 14.8. The van der Waals surface area contributed by atoms with Gasteiger partial charge in [0, 0.05) is 47.6 Å². The molecule has 28 heavy (non-hydrogen) atoms. The summed E-state index contributed by atoms with van der Waals surface area (Å²) in [6.07, 6.45) is 3.41. The molecular weight excluding hydrogens is 377 g/mol. The van der Waals surface area contributed by atoms with Gasteiger partial charge in [0.05, 0.1) is 4.90 Å². The van der Waals surface area contributed by atoms with Crippen molar-refractivity contribution in [2.24, 2.45) is 0 Å². The molecule has 0 bridgehead atoms. The van der Waals surface area contributed by atoms with Gasteiger partial charge in [0.1, 0.15) is 11.5 Å². The van der Waals surface area contributed by atoms with Gasteiger partial charge >= 0.3 is 0 Å². The van der Waals surface area contributed by atoms with Gasteiger partial charge in [-0.3, -0.25) is 0 Å². The lowest BCUT2D eigenvalue weighted by atomic mass is 10.00. The van der Waals surface area contributed by atoms with Crippen molar-refractivity contribution in [1.29, 1.82) is 0 Å². The quantitative estimate of drug-likeness (QED) is 0.532. The molecule has 5 nitrogen and oxygen atoms in total. The number of benzene rings is 2. The van der Waals surface area contributed by atoms with Gasteiger partial charge in [-0.05, 0) is 29.8 Å². The third-order valence-corrected chi connectivity index (χ3v) is 6.86. The molecule has 1 aliphatic heterocycles. The summed E-state index contributed by atoms with van der Waals surface area (Å²) in [4.78, 5) is 7.52. The van der Waals surface area contributed by atoms with Crippen LogP contribution >= 0.6 is 0 Å². The SMILES string of the molecule is O=S(=O)(c1ccccc1-c1ccc(-c2cnc3[nH]ccc3c2)c(F)c1)N1CC1. The Balaban J connectivity index is 1.59. The van der Waals surface area contributed by atoms with Gasteiger partial charge in [0.15, 0.2) is 0 Å². The number of fused-ring (bicyclic) bond motifs is 1. The van der Waals surface area contributed by atoms with Crippen molar-refractivity contribution in [3.63, 3.8) is 0 Å². The van der Waals surface area contributed by atoms with Crippen molar-refractivity contribution in [2.45, 2.75) is 4.90 Å². The molecule has 140 valence electrons. The van der Waals surface area contributed by atoms with Crippen molar-refractivity contribution in [2.75, 3.05) is 13.1 Å². The van der Waals surface area contributed by atoms with E-state index in [0.29, 0.717) is 35.3 Å². The highest BCUT2D eigenvalue weighted by Gasteiger charge is 2.34. The summed E-state index contributed by atoms with van der Waals surface area (Å²) in [7, 11) is -3.54. The van der Waals surface area contributed by atoms with E-state index in [1.54, 1.807) is 48.8 Å². The zero-order valence-corrected chi connectivity index (χ0v) is 15.6. The molecular formula is C21H16FN3O2S. The molecule has 2 aromatic carbocycles. The summed E-state index contributed by atoms with van der Waals surface area (Å²) in [5, 5.41) is 0.899. The molecule has 0 aliphatic carbocycles. The number of sulfonamides is 1. The van der Waals surface area contributed by atoms with Gasteiger partial charge < -0.3 is 4.98 Å². The van der Waals surface area contributed by atoms with Crippen LogP contribution in [-0.2, 0) is 10.0 Å². The van der Waals surface area contributed by atoms with Crippen LogP contribution in [0.15, 0.2) is 71.9 Å². The standard InChI is InChI=1S/C21H16FN3O2S/c22-19-12-14(18-3-1-2-4-20(18)28(26,27)25-9-10-25)5-6-17(19)16-11-15-7-8-23-21(15)24-13-16/h1-8,11-13H,9-10H2,(H,23,24). The van der Waals surface area contributed by atoms with Gasteiger partial charge in [0.25, 0.3) is 0 Å². The average molecular weight is 393 g/mol. The molecule has 1 saturated heterocycles. The van der Waals surface area contributed by atoms with Crippen LogP contribution in [0.4, 0.5) is 4.39 Å². The average Bonchev–Trinajstić information content (AvgIpc) is 3.47. The minimum absolute atomic E-state index is 0.204. The maximum Gasteiger partial charge on any atom is 0.243 e. The Morgan fingerprint density at radius 1 is 0.964 bits per heavy atom. The second-order valence-corrected chi connectivity index (χ2v) is 8.64. The third kappa shape index (κ3) is 2.80. The van der Waals surface area contributed by atoms with Crippen LogP contribution in [0.5, 0.6) is 0 Å².